The molecule has 0 atom stereocenters. The summed E-state index contributed by atoms with van der Waals surface area (Å²) in [4.78, 5) is 13.9. The van der Waals surface area contributed by atoms with Gasteiger partial charge in [-0.3, -0.25) is 9.71 Å². The maximum atomic E-state index is 12.6. The molecule has 1 heterocycles. The van der Waals surface area contributed by atoms with Crippen molar-refractivity contribution in [2.24, 2.45) is 0 Å². The third-order valence-electron chi connectivity index (χ3n) is 4.94. The van der Waals surface area contributed by atoms with Gasteiger partial charge in [-0.05, 0) is 54.7 Å². The Morgan fingerprint density at radius 2 is 1.73 bits per heavy atom. The van der Waals surface area contributed by atoms with Crippen molar-refractivity contribution in [3.8, 4) is 0 Å². The maximum Gasteiger partial charge on any atom is 0.417 e. The van der Waals surface area contributed by atoms with Crippen LogP contribution in [0.4, 0.5) is 5.69 Å². The van der Waals surface area contributed by atoms with E-state index in [1.807, 2.05) is 12.1 Å². The summed E-state index contributed by atoms with van der Waals surface area (Å²) in [6.07, 6.45) is 6.12. The first-order chi connectivity index (χ1) is 12.5. The second kappa shape index (κ2) is 6.64. The van der Waals surface area contributed by atoms with E-state index in [4.69, 9.17) is 4.42 Å². The molecule has 1 fully saturated rings. The molecule has 1 aliphatic rings. The highest BCUT2D eigenvalue weighted by molar-refractivity contribution is 7.92. The Morgan fingerprint density at radius 3 is 2.46 bits per heavy atom. The van der Waals surface area contributed by atoms with E-state index in [0.29, 0.717) is 22.7 Å². The summed E-state index contributed by atoms with van der Waals surface area (Å²) in [5.74, 6) is -0.0351. The van der Waals surface area contributed by atoms with Crippen molar-refractivity contribution in [1.29, 1.82) is 0 Å². The number of rotatable bonds is 4. The lowest BCUT2D eigenvalue weighted by atomic mass is 9.84. The van der Waals surface area contributed by atoms with Crippen molar-refractivity contribution in [2.75, 3.05) is 4.72 Å². The molecule has 6 nitrogen and oxygen atoms in total. The van der Waals surface area contributed by atoms with Crippen molar-refractivity contribution in [3.05, 3.63) is 58.6 Å². The smallest absolute Gasteiger partial charge is 0.408 e. The average Bonchev–Trinajstić information content (AvgIpc) is 3.01. The third-order valence-corrected chi connectivity index (χ3v) is 6.34. The molecular formula is C19H20N2O4S. The van der Waals surface area contributed by atoms with Crippen LogP contribution in [0, 0.1) is 0 Å². The quantitative estimate of drug-likeness (QED) is 0.725. The van der Waals surface area contributed by atoms with Gasteiger partial charge in [-0.15, -0.1) is 0 Å². The molecule has 2 aromatic carbocycles. The first-order valence-corrected chi connectivity index (χ1v) is 10.3. The number of fused-ring (bicyclic) bond motifs is 1. The lowest BCUT2D eigenvalue weighted by Crippen LogP contribution is -2.13. The molecular weight excluding hydrogens is 352 g/mol. The van der Waals surface area contributed by atoms with Gasteiger partial charge in [0.25, 0.3) is 10.0 Å². The number of hydrogen-bond donors (Lipinski definition) is 2. The Labute approximate surface area is 151 Å². The standard InChI is InChI=1S/C19H20N2O4S/c22-19-20-17-12-15(8-11-18(17)25-19)21-26(23,24)16-9-6-14(7-10-16)13-4-2-1-3-5-13/h6-13,21H,1-5H2,(H,20,22). The number of nitrogens with one attached hydrogen (secondary N) is 2. The Bertz CT molecular complexity index is 1070. The number of hydrogen-bond acceptors (Lipinski definition) is 4. The zero-order valence-corrected chi connectivity index (χ0v) is 15.0. The molecule has 7 heteroatoms. The molecule has 1 aliphatic carbocycles. The minimum absolute atomic E-state index is 0.220. The second-order valence-electron chi connectivity index (χ2n) is 6.73. The van der Waals surface area contributed by atoms with Gasteiger partial charge in [0.05, 0.1) is 16.1 Å². The molecule has 0 saturated heterocycles. The van der Waals surface area contributed by atoms with E-state index in [2.05, 4.69) is 9.71 Å². The molecule has 1 saturated carbocycles. The van der Waals surface area contributed by atoms with Gasteiger partial charge in [0, 0.05) is 0 Å². The van der Waals surface area contributed by atoms with Gasteiger partial charge in [0.2, 0.25) is 0 Å². The summed E-state index contributed by atoms with van der Waals surface area (Å²) in [5, 5.41) is 0. The van der Waals surface area contributed by atoms with Crippen molar-refractivity contribution in [2.45, 2.75) is 42.9 Å². The second-order valence-corrected chi connectivity index (χ2v) is 8.42. The number of benzene rings is 2. The summed E-state index contributed by atoms with van der Waals surface area (Å²) < 4.78 is 32.7. The van der Waals surface area contributed by atoms with Crippen molar-refractivity contribution < 1.29 is 12.8 Å². The van der Waals surface area contributed by atoms with Gasteiger partial charge < -0.3 is 4.42 Å². The highest BCUT2D eigenvalue weighted by atomic mass is 32.2. The van der Waals surface area contributed by atoms with Gasteiger partial charge in [-0.25, -0.2) is 13.2 Å². The van der Waals surface area contributed by atoms with Crippen LogP contribution in [0.25, 0.3) is 11.1 Å². The Balaban J connectivity index is 1.55. The van der Waals surface area contributed by atoms with Crippen LogP contribution in [0.3, 0.4) is 0 Å². The molecule has 0 unspecified atom stereocenters. The van der Waals surface area contributed by atoms with Crippen molar-refractivity contribution in [3.63, 3.8) is 0 Å². The summed E-state index contributed by atoms with van der Waals surface area (Å²) in [6.45, 7) is 0. The number of H-pyrrole nitrogens is 1. The largest absolute Gasteiger partial charge is 0.417 e. The fourth-order valence-corrected chi connectivity index (χ4v) is 4.63. The highest BCUT2D eigenvalue weighted by Gasteiger charge is 2.18. The van der Waals surface area contributed by atoms with E-state index in [9.17, 15) is 13.2 Å². The zero-order valence-electron chi connectivity index (χ0n) is 14.2. The van der Waals surface area contributed by atoms with E-state index in [1.165, 1.54) is 43.7 Å². The lowest BCUT2D eigenvalue weighted by Gasteiger charge is -2.22. The Kier molecular flexibility index (Phi) is 4.32. The summed E-state index contributed by atoms with van der Waals surface area (Å²) in [6, 6.07) is 11.8. The van der Waals surface area contributed by atoms with Crippen LogP contribution in [0.5, 0.6) is 0 Å². The zero-order chi connectivity index (χ0) is 18.1. The van der Waals surface area contributed by atoms with Gasteiger partial charge >= 0.3 is 5.76 Å². The number of aromatic nitrogens is 1. The fraction of sp³-hybridized carbons (Fsp3) is 0.316. The first-order valence-electron chi connectivity index (χ1n) is 8.77. The monoisotopic (exact) mass is 372 g/mol. The predicted octanol–water partition coefficient (Wildman–Crippen LogP) is 3.97. The van der Waals surface area contributed by atoms with E-state index in [-0.39, 0.29) is 4.90 Å². The van der Waals surface area contributed by atoms with E-state index < -0.39 is 15.8 Å². The Morgan fingerprint density at radius 1 is 1.00 bits per heavy atom. The molecule has 26 heavy (non-hydrogen) atoms. The van der Waals surface area contributed by atoms with E-state index in [0.717, 1.165) is 0 Å². The van der Waals surface area contributed by atoms with Crippen LogP contribution in [0.15, 0.2) is 56.6 Å². The summed E-state index contributed by atoms with van der Waals surface area (Å²) in [7, 11) is -3.70. The Hall–Kier alpha value is -2.54. The summed E-state index contributed by atoms with van der Waals surface area (Å²) in [5.41, 5.74) is 2.41. The molecule has 136 valence electrons. The third kappa shape index (κ3) is 3.39. The van der Waals surface area contributed by atoms with Gasteiger partial charge in [0.15, 0.2) is 5.58 Å². The maximum absolute atomic E-state index is 12.6. The van der Waals surface area contributed by atoms with Gasteiger partial charge in [0.1, 0.15) is 0 Å². The molecule has 0 amide bonds. The van der Waals surface area contributed by atoms with Crippen LogP contribution < -0.4 is 10.5 Å². The molecule has 1 aromatic heterocycles. The topological polar surface area (TPSA) is 92.2 Å². The van der Waals surface area contributed by atoms with Crippen LogP contribution in [0.1, 0.15) is 43.6 Å². The van der Waals surface area contributed by atoms with Crippen molar-refractivity contribution >= 4 is 26.8 Å². The minimum atomic E-state index is -3.70. The predicted molar refractivity (Wildman–Crippen MR) is 99.9 cm³/mol. The molecule has 0 spiro atoms. The number of aromatic amines is 1. The van der Waals surface area contributed by atoms with E-state index in [1.54, 1.807) is 24.3 Å². The van der Waals surface area contributed by atoms with E-state index >= 15 is 0 Å². The first kappa shape index (κ1) is 16.9. The summed E-state index contributed by atoms with van der Waals surface area (Å²) >= 11 is 0. The molecule has 2 N–H and O–H groups in total. The molecule has 0 bridgehead atoms. The SMILES string of the molecule is O=c1[nH]c2cc(NS(=O)(=O)c3ccc(C4CCCCC4)cc3)ccc2o1. The number of anilines is 1. The van der Waals surface area contributed by atoms with Crippen molar-refractivity contribution in [1.82, 2.24) is 4.98 Å². The highest BCUT2D eigenvalue weighted by Crippen LogP contribution is 2.33. The average molecular weight is 372 g/mol. The molecule has 0 aliphatic heterocycles. The normalized spacial score (nSPS) is 16.0. The van der Waals surface area contributed by atoms with Gasteiger partial charge in [-0.1, -0.05) is 31.4 Å². The number of oxazole rings is 1. The molecule has 4 rings (SSSR count). The van der Waals surface area contributed by atoms with Crippen LogP contribution in [-0.4, -0.2) is 13.4 Å². The van der Waals surface area contributed by atoms with Crippen LogP contribution in [-0.2, 0) is 10.0 Å². The van der Waals surface area contributed by atoms with Crippen LogP contribution in [0.2, 0.25) is 0 Å². The number of sulfonamides is 1. The van der Waals surface area contributed by atoms with Crippen LogP contribution >= 0.6 is 0 Å². The molecule has 0 radical (unpaired) electrons. The fourth-order valence-electron chi connectivity index (χ4n) is 3.58. The lowest BCUT2D eigenvalue weighted by molar-refractivity contribution is 0.443. The minimum Gasteiger partial charge on any atom is -0.408 e. The van der Waals surface area contributed by atoms with Gasteiger partial charge in [-0.2, -0.15) is 0 Å². The molecule has 3 aromatic rings.